The zero-order chi connectivity index (χ0) is 21.8. The lowest BCUT2D eigenvalue weighted by Crippen LogP contribution is -2.15. The van der Waals surface area contributed by atoms with Gasteiger partial charge >= 0.3 is 0 Å². The molecule has 0 amide bonds. The van der Waals surface area contributed by atoms with E-state index < -0.39 is 0 Å². The van der Waals surface area contributed by atoms with Gasteiger partial charge in [0.1, 0.15) is 17.6 Å². The number of thiazole rings is 2. The molecule has 4 aromatic rings. The standard InChI is InChI=1S/C25H25N3O2S2/c1-17-16-31-24(28-17)11-12-26-14-21-15-27-25(32-21)29-20-8-10-23-19(13-20)7-9-22(30-23)18-5-3-2-4-6-18/h2-6,8,10,13,15-16,22,26H,7,9,11-12,14H2,1H3. The van der Waals surface area contributed by atoms with Crippen LogP contribution in [-0.4, -0.2) is 16.5 Å². The van der Waals surface area contributed by atoms with Crippen molar-refractivity contribution < 1.29 is 9.47 Å². The molecule has 1 aliphatic heterocycles. The highest BCUT2D eigenvalue weighted by molar-refractivity contribution is 7.13. The van der Waals surface area contributed by atoms with E-state index >= 15 is 0 Å². The fourth-order valence-corrected chi connectivity index (χ4v) is 5.30. The third-order valence-electron chi connectivity index (χ3n) is 5.37. The topological polar surface area (TPSA) is 56.3 Å². The highest BCUT2D eigenvalue weighted by Gasteiger charge is 2.21. The average molecular weight is 464 g/mol. The first kappa shape index (κ1) is 21.1. The molecule has 0 aliphatic carbocycles. The van der Waals surface area contributed by atoms with E-state index in [0.717, 1.165) is 54.4 Å². The third kappa shape index (κ3) is 5.18. The summed E-state index contributed by atoms with van der Waals surface area (Å²) >= 11 is 3.29. The minimum atomic E-state index is 0.115. The van der Waals surface area contributed by atoms with Crippen LogP contribution in [0.1, 0.15) is 39.2 Å². The van der Waals surface area contributed by atoms with Crippen molar-refractivity contribution in [3.05, 3.63) is 86.8 Å². The zero-order valence-corrected chi connectivity index (χ0v) is 19.5. The summed E-state index contributed by atoms with van der Waals surface area (Å²) in [5, 5.41) is 7.39. The highest BCUT2D eigenvalue weighted by Crippen LogP contribution is 2.38. The predicted molar refractivity (Wildman–Crippen MR) is 129 cm³/mol. The second-order valence-electron chi connectivity index (χ2n) is 7.83. The van der Waals surface area contributed by atoms with Gasteiger partial charge in [0, 0.05) is 41.7 Å². The maximum Gasteiger partial charge on any atom is 0.278 e. The molecule has 0 radical (unpaired) electrons. The monoisotopic (exact) mass is 463 g/mol. The van der Waals surface area contributed by atoms with Crippen LogP contribution in [-0.2, 0) is 19.4 Å². The van der Waals surface area contributed by atoms with Gasteiger partial charge in [0.05, 0.1) is 5.01 Å². The van der Waals surface area contributed by atoms with Gasteiger partial charge in [-0.1, -0.05) is 41.7 Å². The Hall–Kier alpha value is -2.74. The van der Waals surface area contributed by atoms with Crippen LogP contribution in [0, 0.1) is 6.92 Å². The minimum Gasteiger partial charge on any atom is -0.485 e. The predicted octanol–water partition coefficient (Wildman–Crippen LogP) is 6.10. The van der Waals surface area contributed by atoms with Crippen molar-refractivity contribution in [3.63, 3.8) is 0 Å². The van der Waals surface area contributed by atoms with Crippen LogP contribution in [0.4, 0.5) is 0 Å². The van der Waals surface area contributed by atoms with Crippen LogP contribution in [0.25, 0.3) is 0 Å². The Bertz CT molecular complexity index is 1170. The van der Waals surface area contributed by atoms with Gasteiger partial charge in [-0.3, -0.25) is 0 Å². The number of fused-ring (bicyclic) bond motifs is 1. The Morgan fingerprint density at radius 3 is 2.94 bits per heavy atom. The van der Waals surface area contributed by atoms with E-state index in [-0.39, 0.29) is 6.10 Å². The summed E-state index contributed by atoms with van der Waals surface area (Å²) in [6, 6.07) is 16.5. The molecular formula is C25H25N3O2S2. The van der Waals surface area contributed by atoms with E-state index in [4.69, 9.17) is 9.47 Å². The van der Waals surface area contributed by atoms with Crippen LogP contribution < -0.4 is 14.8 Å². The summed E-state index contributed by atoms with van der Waals surface area (Å²) < 4.78 is 12.3. The molecule has 164 valence electrons. The quantitative estimate of drug-likeness (QED) is 0.320. The maximum absolute atomic E-state index is 6.23. The maximum atomic E-state index is 6.23. The second kappa shape index (κ2) is 9.81. The SMILES string of the molecule is Cc1csc(CCNCc2cnc(Oc3ccc4c(c3)CCC(c3ccccc3)O4)s2)n1. The van der Waals surface area contributed by atoms with Gasteiger partial charge < -0.3 is 14.8 Å². The summed E-state index contributed by atoms with van der Waals surface area (Å²) in [5.41, 5.74) is 3.51. The van der Waals surface area contributed by atoms with Gasteiger partial charge in [0.25, 0.3) is 5.19 Å². The highest BCUT2D eigenvalue weighted by atomic mass is 32.1. The van der Waals surface area contributed by atoms with Crippen molar-refractivity contribution in [1.82, 2.24) is 15.3 Å². The van der Waals surface area contributed by atoms with Gasteiger partial charge in [0.2, 0.25) is 0 Å². The van der Waals surface area contributed by atoms with E-state index in [1.54, 1.807) is 22.7 Å². The molecule has 0 spiro atoms. The van der Waals surface area contributed by atoms with E-state index in [2.05, 4.69) is 51.0 Å². The number of nitrogens with one attached hydrogen (secondary N) is 1. The van der Waals surface area contributed by atoms with Crippen molar-refractivity contribution >= 4 is 22.7 Å². The molecule has 2 aromatic carbocycles. The third-order valence-corrected chi connectivity index (χ3v) is 7.27. The summed E-state index contributed by atoms with van der Waals surface area (Å²) in [4.78, 5) is 10.1. The van der Waals surface area contributed by atoms with Gasteiger partial charge in [-0.15, -0.1) is 11.3 Å². The van der Waals surface area contributed by atoms with Crippen molar-refractivity contribution in [2.75, 3.05) is 6.54 Å². The molecular weight excluding hydrogens is 438 g/mol. The number of benzene rings is 2. The number of nitrogens with zero attached hydrogens (tertiary/aromatic N) is 2. The molecule has 5 rings (SSSR count). The first-order chi connectivity index (χ1) is 15.7. The van der Waals surface area contributed by atoms with Gasteiger partial charge in [-0.2, -0.15) is 0 Å². The van der Waals surface area contributed by atoms with Gasteiger partial charge in [0.15, 0.2) is 0 Å². The molecule has 0 bridgehead atoms. The van der Waals surface area contributed by atoms with Crippen molar-refractivity contribution in [2.45, 2.75) is 38.8 Å². The second-order valence-corrected chi connectivity index (χ2v) is 9.85. The Balaban J connectivity index is 1.14. The van der Waals surface area contributed by atoms with E-state index in [0.29, 0.717) is 5.19 Å². The fourth-order valence-electron chi connectivity index (χ4n) is 3.77. The molecule has 1 unspecified atom stereocenters. The molecule has 0 saturated heterocycles. The Morgan fingerprint density at radius 2 is 2.09 bits per heavy atom. The number of rotatable bonds is 8. The number of aryl methyl sites for hydroxylation is 2. The lowest BCUT2D eigenvalue weighted by Gasteiger charge is -2.26. The fraction of sp³-hybridized carbons (Fsp3) is 0.280. The summed E-state index contributed by atoms with van der Waals surface area (Å²) in [7, 11) is 0. The number of hydrogen-bond acceptors (Lipinski definition) is 7. The smallest absolute Gasteiger partial charge is 0.278 e. The molecule has 0 saturated carbocycles. The molecule has 1 N–H and O–H groups in total. The zero-order valence-electron chi connectivity index (χ0n) is 17.9. The van der Waals surface area contributed by atoms with Crippen molar-refractivity contribution in [3.8, 4) is 16.7 Å². The molecule has 1 atom stereocenters. The average Bonchev–Trinajstić information content (AvgIpc) is 3.45. The Morgan fingerprint density at radius 1 is 1.19 bits per heavy atom. The molecule has 1 aliphatic rings. The Labute approximate surface area is 196 Å². The van der Waals surface area contributed by atoms with Gasteiger partial charge in [-0.25, -0.2) is 9.97 Å². The summed E-state index contributed by atoms with van der Waals surface area (Å²) in [6.45, 7) is 3.71. The summed E-state index contributed by atoms with van der Waals surface area (Å²) in [5.74, 6) is 1.75. The first-order valence-electron chi connectivity index (χ1n) is 10.8. The molecule has 3 heterocycles. The number of aromatic nitrogens is 2. The Kier molecular flexibility index (Phi) is 6.48. The molecule has 5 nitrogen and oxygen atoms in total. The van der Waals surface area contributed by atoms with Gasteiger partial charge in [-0.05, 0) is 49.1 Å². The minimum absolute atomic E-state index is 0.115. The van der Waals surface area contributed by atoms with Crippen molar-refractivity contribution in [2.24, 2.45) is 0 Å². The number of ether oxygens (including phenoxy) is 2. The molecule has 2 aromatic heterocycles. The molecule has 0 fully saturated rings. The molecule has 32 heavy (non-hydrogen) atoms. The number of hydrogen-bond donors (Lipinski definition) is 1. The van der Waals surface area contributed by atoms with E-state index in [1.165, 1.54) is 16.1 Å². The van der Waals surface area contributed by atoms with Crippen LogP contribution >= 0.6 is 22.7 Å². The lowest BCUT2D eigenvalue weighted by molar-refractivity contribution is 0.176. The van der Waals surface area contributed by atoms with Crippen LogP contribution in [0.5, 0.6) is 16.7 Å². The summed E-state index contributed by atoms with van der Waals surface area (Å²) in [6.07, 6.45) is 4.88. The largest absolute Gasteiger partial charge is 0.485 e. The van der Waals surface area contributed by atoms with E-state index in [1.807, 2.05) is 31.3 Å². The normalized spacial score (nSPS) is 15.2. The first-order valence-corrected chi connectivity index (χ1v) is 12.5. The van der Waals surface area contributed by atoms with Crippen LogP contribution in [0.2, 0.25) is 0 Å². The van der Waals surface area contributed by atoms with Crippen LogP contribution in [0.15, 0.2) is 60.1 Å². The van der Waals surface area contributed by atoms with Crippen molar-refractivity contribution in [1.29, 1.82) is 0 Å². The molecule has 7 heteroatoms. The lowest BCUT2D eigenvalue weighted by atomic mass is 9.97. The van der Waals surface area contributed by atoms with E-state index in [9.17, 15) is 0 Å². The van der Waals surface area contributed by atoms with Crippen LogP contribution in [0.3, 0.4) is 0 Å².